The molecule has 0 aromatic carbocycles. The van der Waals surface area contributed by atoms with Crippen molar-refractivity contribution in [2.75, 3.05) is 6.54 Å². The predicted molar refractivity (Wildman–Crippen MR) is 49.1 cm³/mol. The summed E-state index contributed by atoms with van der Waals surface area (Å²) in [6, 6.07) is 0. The van der Waals surface area contributed by atoms with Crippen molar-refractivity contribution in [2.24, 2.45) is 0 Å². The standard InChI is InChI=1S/C10H13NO/c1-3-5-6-7-9-11-10(12)8-4-2/h1H,5-7,9H2,2H3,(H,11,12). The van der Waals surface area contributed by atoms with Crippen molar-refractivity contribution in [1.29, 1.82) is 0 Å². The quantitative estimate of drug-likeness (QED) is 0.485. The Morgan fingerprint density at radius 2 is 2.25 bits per heavy atom. The van der Waals surface area contributed by atoms with Gasteiger partial charge >= 0.3 is 0 Å². The second-order valence-corrected chi connectivity index (χ2v) is 2.29. The fourth-order valence-electron chi connectivity index (χ4n) is 0.712. The number of carbonyl (C=O) groups excluding carboxylic acids is 1. The molecule has 0 fully saturated rings. The van der Waals surface area contributed by atoms with Crippen LogP contribution in [0, 0.1) is 24.2 Å². The van der Waals surface area contributed by atoms with E-state index in [-0.39, 0.29) is 5.91 Å². The largest absolute Gasteiger partial charge is 0.345 e. The van der Waals surface area contributed by atoms with E-state index in [4.69, 9.17) is 6.42 Å². The van der Waals surface area contributed by atoms with E-state index in [1.807, 2.05) is 0 Å². The van der Waals surface area contributed by atoms with Gasteiger partial charge in [-0.05, 0) is 25.7 Å². The second-order valence-electron chi connectivity index (χ2n) is 2.29. The smallest absolute Gasteiger partial charge is 0.295 e. The molecule has 0 aromatic heterocycles. The summed E-state index contributed by atoms with van der Waals surface area (Å²) in [5.74, 6) is 7.25. The first-order chi connectivity index (χ1) is 5.81. The highest BCUT2D eigenvalue weighted by molar-refractivity contribution is 5.93. The van der Waals surface area contributed by atoms with Crippen molar-refractivity contribution >= 4 is 5.91 Å². The maximum absolute atomic E-state index is 10.8. The van der Waals surface area contributed by atoms with Gasteiger partial charge in [0.15, 0.2) is 0 Å². The molecule has 0 atom stereocenters. The van der Waals surface area contributed by atoms with Crippen LogP contribution >= 0.6 is 0 Å². The van der Waals surface area contributed by atoms with E-state index in [0.717, 1.165) is 19.3 Å². The predicted octanol–water partition coefficient (Wildman–Crippen LogP) is 0.929. The Balaban J connectivity index is 3.25. The Hall–Kier alpha value is -1.41. The molecule has 0 aliphatic rings. The van der Waals surface area contributed by atoms with Gasteiger partial charge < -0.3 is 5.32 Å². The van der Waals surface area contributed by atoms with Gasteiger partial charge in [-0.3, -0.25) is 4.79 Å². The van der Waals surface area contributed by atoms with E-state index in [2.05, 4.69) is 23.1 Å². The summed E-state index contributed by atoms with van der Waals surface area (Å²) in [6.45, 7) is 2.30. The lowest BCUT2D eigenvalue weighted by molar-refractivity contribution is -0.115. The number of nitrogens with one attached hydrogen (secondary N) is 1. The molecule has 0 aliphatic carbocycles. The summed E-state index contributed by atoms with van der Waals surface area (Å²) in [4.78, 5) is 10.8. The van der Waals surface area contributed by atoms with Crippen molar-refractivity contribution in [2.45, 2.75) is 26.2 Å². The Morgan fingerprint density at radius 3 is 2.83 bits per heavy atom. The van der Waals surface area contributed by atoms with Crippen molar-refractivity contribution in [3.63, 3.8) is 0 Å². The number of rotatable bonds is 4. The molecule has 0 rings (SSSR count). The molecule has 0 saturated heterocycles. The van der Waals surface area contributed by atoms with Crippen LogP contribution in [-0.4, -0.2) is 12.5 Å². The van der Waals surface area contributed by atoms with Gasteiger partial charge in [0.1, 0.15) is 0 Å². The molecule has 0 unspecified atom stereocenters. The molecule has 1 amide bonds. The van der Waals surface area contributed by atoms with Gasteiger partial charge in [-0.1, -0.05) is 5.92 Å². The first-order valence-electron chi connectivity index (χ1n) is 3.95. The lowest BCUT2D eigenvalue weighted by Crippen LogP contribution is -2.22. The molecule has 0 bridgehead atoms. The van der Waals surface area contributed by atoms with E-state index in [1.54, 1.807) is 6.92 Å². The molecular weight excluding hydrogens is 150 g/mol. The topological polar surface area (TPSA) is 29.1 Å². The summed E-state index contributed by atoms with van der Waals surface area (Å²) in [6.07, 6.45) is 7.70. The molecule has 12 heavy (non-hydrogen) atoms. The number of terminal acetylenes is 1. The molecule has 2 nitrogen and oxygen atoms in total. The molecule has 64 valence electrons. The summed E-state index contributed by atoms with van der Waals surface area (Å²) in [5, 5.41) is 2.66. The highest BCUT2D eigenvalue weighted by atomic mass is 16.1. The van der Waals surface area contributed by atoms with Gasteiger partial charge in [0.05, 0.1) is 0 Å². The number of hydrogen-bond donors (Lipinski definition) is 1. The number of carbonyl (C=O) groups is 1. The molecule has 0 saturated carbocycles. The lowest BCUT2D eigenvalue weighted by atomic mass is 10.2. The van der Waals surface area contributed by atoms with Gasteiger partial charge in [0.25, 0.3) is 5.91 Å². The van der Waals surface area contributed by atoms with E-state index >= 15 is 0 Å². The first-order valence-corrected chi connectivity index (χ1v) is 3.95. The van der Waals surface area contributed by atoms with Gasteiger partial charge in [-0.2, -0.15) is 0 Å². The zero-order valence-corrected chi connectivity index (χ0v) is 7.31. The Labute approximate surface area is 73.7 Å². The first kappa shape index (κ1) is 10.6. The van der Waals surface area contributed by atoms with Crippen molar-refractivity contribution < 1.29 is 4.79 Å². The van der Waals surface area contributed by atoms with Crippen molar-refractivity contribution in [1.82, 2.24) is 5.32 Å². The highest BCUT2D eigenvalue weighted by Gasteiger charge is 1.92. The molecule has 2 heteroatoms. The Kier molecular flexibility index (Phi) is 6.79. The van der Waals surface area contributed by atoms with Gasteiger partial charge in [0, 0.05) is 13.0 Å². The van der Waals surface area contributed by atoms with Crippen LogP contribution < -0.4 is 5.32 Å². The minimum absolute atomic E-state index is 0.210. The third kappa shape index (κ3) is 6.71. The molecule has 1 N–H and O–H groups in total. The van der Waals surface area contributed by atoms with E-state index in [1.165, 1.54) is 0 Å². The SMILES string of the molecule is C#CCCCCNC(=O)C#CC. The van der Waals surface area contributed by atoms with E-state index in [9.17, 15) is 4.79 Å². The third-order valence-electron chi connectivity index (χ3n) is 1.27. The summed E-state index contributed by atoms with van der Waals surface area (Å²) in [5.41, 5.74) is 0. The summed E-state index contributed by atoms with van der Waals surface area (Å²) < 4.78 is 0. The van der Waals surface area contributed by atoms with Crippen LogP contribution in [0.25, 0.3) is 0 Å². The van der Waals surface area contributed by atoms with Crippen LogP contribution in [0.2, 0.25) is 0 Å². The van der Waals surface area contributed by atoms with E-state index in [0.29, 0.717) is 6.54 Å². The summed E-state index contributed by atoms with van der Waals surface area (Å²) in [7, 11) is 0. The average molecular weight is 163 g/mol. The van der Waals surface area contributed by atoms with E-state index < -0.39 is 0 Å². The zero-order valence-electron chi connectivity index (χ0n) is 7.31. The highest BCUT2D eigenvalue weighted by Crippen LogP contribution is 1.90. The summed E-state index contributed by atoms with van der Waals surface area (Å²) >= 11 is 0. The Bertz CT molecular complexity index is 226. The van der Waals surface area contributed by atoms with Crippen LogP contribution in [0.5, 0.6) is 0 Å². The molecular formula is C10H13NO. The van der Waals surface area contributed by atoms with Crippen LogP contribution in [0.1, 0.15) is 26.2 Å². The fourth-order valence-corrected chi connectivity index (χ4v) is 0.712. The average Bonchev–Trinajstić information content (AvgIpc) is 2.05. The lowest BCUT2D eigenvalue weighted by Gasteiger charge is -1.97. The van der Waals surface area contributed by atoms with Gasteiger partial charge in [0.2, 0.25) is 0 Å². The second kappa shape index (κ2) is 7.69. The minimum Gasteiger partial charge on any atom is -0.345 e. The van der Waals surface area contributed by atoms with Crippen molar-refractivity contribution in [3.05, 3.63) is 0 Å². The van der Waals surface area contributed by atoms with Crippen LogP contribution in [0.3, 0.4) is 0 Å². The number of hydrogen-bond acceptors (Lipinski definition) is 1. The Morgan fingerprint density at radius 1 is 1.50 bits per heavy atom. The monoisotopic (exact) mass is 163 g/mol. The normalized spacial score (nSPS) is 7.67. The van der Waals surface area contributed by atoms with Crippen molar-refractivity contribution in [3.8, 4) is 24.2 Å². The van der Waals surface area contributed by atoms with Crippen LogP contribution in [0.15, 0.2) is 0 Å². The third-order valence-corrected chi connectivity index (χ3v) is 1.27. The minimum atomic E-state index is -0.210. The fraction of sp³-hybridized carbons (Fsp3) is 0.500. The maximum atomic E-state index is 10.8. The van der Waals surface area contributed by atoms with Gasteiger partial charge in [-0.25, -0.2) is 0 Å². The molecule has 0 radical (unpaired) electrons. The molecule has 0 spiro atoms. The zero-order chi connectivity index (χ0) is 9.23. The number of amides is 1. The molecule has 0 aliphatic heterocycles. The molecule has 0 aromatic rings. The van der Waals surface area contributed by atoms with Crippen LogP contribution in [-0.2, 0) is 4.79 Å². The van der Waals surface area contributed by atoms with Crippen LogP contribution in [0.4, 0.5) is 0 Å². The number of unbranched alkanes of at least 4 members (excludes halogenated alkanes) is 2. The van der Waals surface area contributed by atoms with Gasteiger partial charge in [-0.15, -0.1) is 12.3 Å². The molecule has 0 heterocycles. The maximum Gasteiger partial charge on any atom is 0.295 e.